The van der Waals surface area contributed by atoms with Gasteiger partial charge in [-0.05, 0) is 58.2 Å². The summed E-state index contributed by atoms with van der Waals surface area (Å²) in [6, 6.07) is 6.02. The van der Waals surface area contributed by atoms with Gasteiger partial charge in [-0.2, -0.15) is 0 Å². The fourth-order valence-electron chi connectivity index (χ4n) is 2.81. The van der Waals surface area contributed by atoms with E-state index in [4.69, 9.17) is 0 Å². The molecular weight excluding hydrogens is 234 g/mol. The Balaban J connectivity index is 2.05. The van der Waals surface area contributed by atoms with Crippen LogP contribution in [0.25, 0.3) is 0 Å². The summed E-state index contributed by atoms with van der Waals surface area (Å²) >= 11 is 0. The molecule has 1 aliphatic heterocycles. The van der Waals surface area contributed by atoms with E-state index < -0.39 is 0 Å². The Kier molecular flexibility index (Phi) is 4.81. The molecule has 106 valence electrons. The molecule has 0 bridgehead atoms. The predicted octanol–water partition coefficient (Wildman–Crippen LogP) is 3.84. The number of nitrogens with zero attached hydrogens (tertiary/aromatic N) is 2. The van der Waals surface area contributed by atoms with Crippen LogP contribution in [-0.2, 0) is 0 Å². The average Bonchev–Trinajstić information content (AvgIpc) is 2.89. The van der Waals surface area contributed by atoms with Gasteiger partial charge in [0.2, 0.25) is 0 Å². The first-order valence-electron chi connectivity index (χ1n) is 7.60. The summed E-state index contributed by atoms with van der Waals surface area (Å²) in [6.45, 7) is 10.2. The van der Waals surface area contributed by atoms with Crippen molar-refractivity contribution < 1.29 is 0 Å². The minimum Gasteiger partial charge on any atom is -0.368 e. The summed E-state index contributed by atoms with van der Waals surface area (Å²) in [6.07, 6.45) is 5.73. The monoisotopic (exact) mass is 261 g/mol. The maximum Gasteiger partial charge on any atom is 0.126 e. The molecular formula is C16H27N3. The molecule has 1 N–H and O–H groups in total. The summed E-state index contributed by atoms with van der Waals surface area (Å²) in [5, 5.41) is 3.42. The third-order valence-electron chi connectivity index (χ3n) is 4.14. The molecule has 2 atom stereocenters. The van der Waals surface area contributed by atoms with Gasteiger partial charge >= 0.3 is 0 Å². The van der Waals surface area contributed by atoms with Crippen molar-refractivity contribution in [3.8, 4) is 0 Å². The molecule has 0 saturated carbocycles. The first-order valence-corrected chi connectivity index (χ1v) is 7.60. The minimum absolute atomic E-state index is 0.483. The Hall–Kier alpha value is -1.09. The molecule has 0 spiro atoms. The lowest BCUT2D eigenvalue weighted by Gasteiger charge is -2.28. The van der Waals surface area contributed by atoms with Crippen molar-refractivity contribution in [2.45, 2.75) is 65.1 Å². The van der Waals surface area contributed by atoms with E-state index in [9.17, 15) is 0 Å². The zero-order chi connectivity index (χ0) is 13.8. The van der Waals surface area contributed by atoms with Crippen LogP contribution >= 0.6 is 0 Å². The Morgan fingerprint density at radius 2 is 2.16 bits per heavy atom. The van der Waals surface area contributed by atoms with Gasteiger partial charge in [-0.15, -0.1) is 0 Å². The van der Waals surface area contributed by atoms with Gasteiger partial charge < -0.3 is 5.32 Å². The van der Waals surface area contributed by atoms with E-state index in [2.05, 4.69) is 61.2 Å². The van der Waals surface area contributed by atoms with E-state index in [1.54, 1.807) is 0 Å². The molecule has 1 fully saturated rings. The van der Waals surface area contributed by atoms with Crippen LogP contribution in [0.2, 0.25) is 0 Å². The molecule has 19 heavy (non-hydrogen) atoms. The highest BCUT2D eigenvalue weighted by Crippen LogP contribution is 2.33. The molecule has 2 rings (SSSR count). The van der Waals surface area contributed by atoms with Gasteiger partial charge in [0.15, 0.2) is 0 Å². The standard InChI is InChI=1S/C16H27N3/c1-5-13(4)18-16-9-8-14(11-17-16)15-7-6-10-19(15)12(2)3/h8-9,11-13,15H,5-7,10H2,1-4H3,(H,17,18)/t13-,15-/m1/s1. The highest BCUT2D eigenvalue weighted by atomic mass is 15.2. The van der Waals surface area contributed by atoms with Crippen LogP contribution in [0.1, 0.15) is 58.6 Å². The number of nitrogens with one attached hydrogen (secondary N) is 1. The van der Waals surface area contributed by atoms with Gasteiger partial charge in [-0.3, -0.25) is 4.90 Å². The van der Waals surface area contributed by atoms with E-state index in [1.165, 1.54) is 24.9 Å². The van der Waals surface area contributed by atoms with Crippen LogP contribution in [0.3, 0.4) is 0 Å². The van der Waals surface area contributed by atoms with Crippen LogP contribution in [-0.4, -0.2) is 28.5 Å². The molecule has 1 saturated heterocycles. The van der Waals surface area contributed by atoms with Crippen LogP contribution in [0, 0.1) is 0 Å². The van der Waals surface area contributed by atoms with Crippen molar-refractivity contribution in [2.24, 2.45) is 0 Å². The van der Waals surface area contributed by atoms with E-state index in [1.807, 2.05) is 0 Å². The minimum atomic E-state index is 0.483. The summed E-state index contributed by atoms with van der Waals surface area (Å²) in [5.74, 6) is 0.993. The highest BCUT2D eigenvalue weighted by molar-refractivity contribution is 5.37. The first kappa shape index (κ1) is 14.3. The smallest absolute Gasteiger partial charge is 0.126 e. The summed E-state index contributed by atoms with van der Waals surface area (Å²) in [4.78, 5) is 7.15. The second-order valence-corrected chi connectivity index (χ2v) is 5.92. The van der Waals surface area contributed by atoms with Gasteiger partial charge in [0, 0.05) is 24.3 Å². The first-order chi connectivity index (χ1) is 9.11. The van der Waals surface area contributed by atoms with E-state index >= 15 is 0 Å². The highest BCUT2D eigenvalue weighted by Gasteiger charge is 2.27. The molecule has 0 aromatic carbocycles. The lowest BCUT2D eigenvalue weighted by Crippen LogP contribution is -2.30. The molecule has 1 aliphatic rings. The molecule has 0 radical (unpaired) electrons. The van der Waals surface area contributed by atoms with Crippen LogP contribution in [0.15, 0.2) is 18.3 Å². The Morgan fingerprint density at radius 3 is 2.74 bits per heavy atom. The third-order valence-corrected chi connectivity index (χ3v) is 4.14. The lowest BCUT2D eigenvalue weighted by atomic mass is 10.1. The molecule has 0 unspecified atom stereocenters. The fourth-order valence-corrected chi connectivity index (χ4v) is 2.81. The quantitative estimate of drug-likeness (QED) is 0.873. The molecule has 3 heteroatoms. The third kappa shape index (κ3) is 3.47. The largest absolute Gasteiger partial charge is 0.368 e. The summed E-state index contributed by atoms with van der Waals surface area (Å²) < 4.78 is 0. The van der Waals surface area contributed by atoms with Crippen molar-refractivity contribution in [2.75, 3.05) is 11.9 Å². The van der Waals surface area contributed by atoms with Crippen LogP contribution < -0.4 is 5.32 Å². The molecule has 0 amide bonds. The maximum absolute atomic E-state index is 4.57. The zero-order valence-electron chi connectivity index (χ0n) is 12.7. The lowest BCUT2D eigenvalue weighted by molar-refractivity contribution is 0.205. The second kappa shape index (κ2) is 6.38. The van der Waals surface area contributed by atoms with Crippen molar-refractivity contribution in [3.63, 3.8) is 0 Å². The number of likely N-dealkylation sites (tertiary alicyclic amines) is 1. The molecule has 0 aliphatic carbocycles. The summed E-state index contributed by atoms with van der Waals surface area (Å²) in [5.41, 5.74) is 1.36. The fraction of sp³-hybridized carbons (Fsp3) is 0.688. The van der Waals surface area contributed by atoms with Gasteiger partial charge in [0.05, 0.1) is 0 Å². The Morgan fingerprint density at radius 1 is 1.37 bits per heavy atom. The Labute approximate surface area is 117 Å². The number of rotatable bonds is 5. The van der Waals surface area contributed by atoms with E-state index in [-0.39, 0.29) is 0 Å². The predicted molar refractivity (Wildman–Crippen MR) is 81.4 cm³/mol. The molecule has 1 aromatic rings. The molecule has 1 aromatic heterocycles. The number of pyridine rings is 1. The van der Waals surface area contributed by atoms with Crippen molar-refractivity contribution >= 4 is 5.82 Å². The number of hydrogen-bond donors (Lipinski definition) is 1. The van der Waals surface area contributed by atoms with Crippen molar-refractivity contribution in [1.29, 1.82) is 0 Å². The summed E-state index contributed by atoms with van der Waals surface area (Å²) in [7, 11) is 0. The van der Waals surface area contributed by atoms with Crippen LogP contribution in [0.4, 0.5) is 5.82 Å². The van der Waals surface area contributed by atoms with Crippen LogP contribution in [0.5, 0.6) is 0 Å². The second-order valence-electron chi connectivity index (χ2n) is 5.92. The molecule has 2 heterocycles. The van der Waals surface area contributed by atoms with E-state index in [0.29, 0.717) is 18.1 Å². The Bertz CT molecular complexity index is 385. The molecule has 3 nitrogen and oxygen atoms in total. The van der Waals surface area contributed by atoms with Crippen molar-refractivity contribution in [3.05, 3.63) is 23.9 Å². The number of hydrogen-bond acceptors (Lipinski definition) is 3. The van der Waals surface area contributed by atoms with E-state index in [0.717, 1.165) is 12.2 Å². The zero-order valence-corrected chi connectivity index (χ0v) is 12.7. The SMILES string of the molecule is CC[C@@H](C)Nc1ccc([C@H]2CCCN2C(C)C)cn1. The average molecular weight is 261 g/mol. The van der Waals surface area contributed by atoms with Gasteiger partial charge in [-0.25, -0.2) is 4.98 Å². The topological polar surface area (TPSA) is 28.2 Å². The van der Waals surface area contributed by atoms with Crippen molar-refractivity contribution in [1.82, 2.24) is 9.88 Å². The van der Waals surface area contributed by atoms with Gasteiger partial charge in [0.25, 0.3) is 0 Å². The number of anilines is 1. The van der Waals surface area contributed by atoms with Gasteiger partial charge in [-0.1, -0.05) is 13.0 Å². The maximum atomic E-state index is 4.57. The normalized spacial score (nSPS) is 21.8. The number of aromatic nitrogens is 1. The van der Waals surface area contributed by atoms with Gasteiger partial charge in [0.1, 0.15) is 5.82 Å².